The molecule has 76 valence electrons. The van der Waals surface area contributed by atoms with Crippen LogP contribution >= 0.6 is 11.6 Å². The summed E-state index contributed by atoms with van der Waals surface area (Å²) in [4.78, 5) is 0. The molecule has 1 nitrogen and oxygen atoms in total. The number of nitrogens with one attached hydrogen (secondary N) is 1. The van der Waals surface area contributed by atoms with Crippen molar-refractivity contribution in [3.63, 3.8) is 0 Å². The maximum atomic E-state index is 12.6. The molecule has 1 aliphatic heterocycles. The van der Waals surface area contributed by atoms with E-state index < -0.39 is 0 Å². The molecule has 0 amide bonds. The fraction of sp³-hybridized carbons (Fsp3) is 0.455. The minimum absolute atomic E-state index is 0.121. The Labute approximate surface area is 88.3 Å². The molecule has 14 heavy (non-hydrogen) atoms. The van der Waals surface area contributed by atoms with Crippen molar-refractivity contribution in [3.05, 3.63) is 34.9 Å². The minimum Gasteiger partial charge on any atom is -0.316 e. The summed E-state index contributed by atoms with van der Waals surface area (Å²) in [7, 11) is 0. The standard InChI is InChI=1S/C11H13ClFN/c12-10-3-1-8(2-4-10)11-7-14-6-9(11)5-13/h1-4,9,11,14H,5-7H2/t9-,11+/m1/s1. The number of benzene rings is 1. The number of hydrogen-bond acceptors (Lipinski definition) is 1. The molecule has 1 aromatic carbocycles. The highest BCUT2D eigenvalue weighted by molar-refractivity contribution is 6.30. The predicted molar refractivity (Wildman–Crippen MR) is 56.5 cm³/mol. The van der Waals surface area contributed by atoms with E-state index in [2.05, 4.69) is 5.32 Å². The third-order valence-corrected chi connectivity index (χ3v) is 3.09. The van der Waals surface area contributed by atoms with Crippen molar-refractivity contribution < 1.29 is 4.39 Å². The monoisotopic (exact) mass is 213 g/mol. The molecule has 2 rings (SSSR count). The van der Waals surface area contributed by atoms with Gasteiger partial charge in [-0.2, -0.15) is 0 Å². The van der Waals surface area contributed by atoms with Crippen LogP contribution < -0.4 is 5.32 Å². The second-order valence-electron chi connectivity index (χ2n) is 3.73. The fourth-order valence-corrected chi connectivity index (χ4v) is 2.12. The molecule has 0 spiro atoms. The van der Waals surface area contributed by atoms with E-state index in [1.807, 2.05) is 24.3 Å². The van der Waals surface area contributed by atoms with E-state index >= 15 is 0 Å². The molecule has 1 heterocycles. The van der Waals surface area contributed by atoms with Crippen LogP contribution in [0.25, 0.3) is 0 Å². The van der Waals surface area contributed by atoms with Crippen LogP contribution in [0.3, 0.4) is 0 Å². The van der Waals surface area contributed by atoms with E-state index in [-0.39, 0.29) is 12.6 Å². The van der Waals surface area contributed by atoms with E-state index in [0.717, 1.165) is 18.1 Å². The van der Waals surface area contributed by atoms with Crippen LogP contribution in [0, 0.1) is 5.92 Å². The summed E-state index contributed by atoms with van der Waals surface area (Å²) < 4.78 is 12.6. The van der Waals surface area contributed by atoms with Crippen molar-refractivity contribution in [3.8, 4) is 0 Å². The molecule has 0 bridgehead atoms. The molecule has 2 atom stereocenters. The van der Waals surface area contributed by atoms with Gasteiger partial charge in [0.15, 0.2) is 0 Å². The zero-order chi connectivity index (χ0) is 9.97. The second-order valence-corrected chi connectivity index (χ2v) is 4.17. The summed E-state index contributed by atoms with van der Waals surface area (Å²) >= 11 is 5.80. The van der Waals surface area contributed by atoms with E-state index in [9.17, 15) is 4.39 Å². The fourth-order valence-electron chi connectivity index (χ4n) is 2.00. The van der Waals surface area contributed by atoms with Gasteiger partial charge in [-0.1, -0.05) is 23.7 Å². The average Bonchev–Trinajstić information content (AvgIpc) is 2.67. The van der Waals surface area contributed by atoms with Crippen molar-refractivity contribution >= 4 is 11.6 Å². The highest BCUT2D eigenvalue weighted by Crippen LogP contribution is 2.29. The molecule has 0 unspecified atom stereocenters. The Bertz CT molecular complexity index is 299. The Morgan fingerprint density at radius 3 is 2.64 bits per heavy atom. The summed E-state index contributed by atoms with van der Waals surface area (Å²) in [6.45, 7) is 1.40. The maximum absolute atomic E-state index is 12.6. The molecular formula is C11H13ClFN. The molecule has 1 N–H and O–H groups in total. The van der Waals surface area contributed by atoms with Gasteiger partial charge in [0, 0.05) is 29.9 Å². The van der Waals surface area contributed by atoms with Crippen LogP contribution in [0.2, 0.25) is 5.02 Å². The van der Waals surface area contributed by atoms with Crippen molar-refractivity contribution in [2.75, 3.05) is 19.8 Å². The van der Waals surface area contributed by atoms with Crippen molar-refractivity contribution in [2.24, 2.45) is 5.92 Å². The molecule has 1 saturated heterocycles. The van der Waals surface area contributed by atoms with Crippen LogP contribution in [0.15, 0.2) is 24.3 Å². The summed E-state index contributed by atoms with van der Waals surface area (Å²) in [5, 5.41) is 3.95. The first-order valence-corrected chi connectivity index (χ1v) is 5.21. The Hall–Kier alpha value is -0.600. The van der Waals surface area contributed by atoms with Gasteiger partial charge in [0.2, 0.25) is 0 Å². The normalized spacial score (nSPS) is 26.7. The smallest absolute Gasteiger partial charge is 0.0941 e. The predicted octanol–water partition coefficient (Wildman–Crippen LogP) is 2.61. The summed E-state index contributed by atoms with van der Waals surface area (Å²) in [5.74, 6) is 0.424. The van der Waals surface area contributed by atoms with Crippen LogP contribution in [-0.4, -0.2) is 19.8 Å². The lowest BCUT2D eigenvalue weighted by atomic mass is 9.90. The van der Waals surface area contributed by atoms with Crippen LogP contribution in [0.4, 0.5) is 4.39 Å². The molecule has 1 aromatic rings. The Kier molecular flexibility index (Phi) is 3.04. The van der Waals surface area contributed by atoms with E-state index in [0.29, 0.717) is 5.92 Å². The van der Waals surface area contributed by atoms with E-state index in [1.165, 1.54) is 5.56 Å². The van der Waals surface area contributed by atoms with Gasteiger partial charge < -0.3 is 5.32 Å². The first kappa shape index (κ1) is 9.94. The highest BCUT2D eigenvalue weighted by atomic mass is 35.5. The van der Waals surface area contributed by atoms with Gasteiger partial charge in [0.05, 0.1) is 6.67 Å². The maximum Gasteiger partial charge on any atom is 0.0941 e. The quantitative estimate of drug-likeness (QED) is 0.797. The molecule has 1 fully saturated rings. The summed E-state index contributed by atoms with van der Waals surface area (Å²) in [6.07, 6.45) is 0. The van der Waals surface area contributed by atoms with Gasteiger partial charge in [0.25, 0.3) is 0 Å². The summed E-state index contributed by atoms with van der Waals surface area (Å²) in [5.41, 5.74) is 1.18. The topological polar surface area (TPSA) is 12.0 Å². The Morgan fingerprint density at radius 2 is 2.00 bits per heavy atom. The lowest BCUT2D eigenvalue weighted by Crippen LogP contribution is -2.12. The largest absolute Gasteiger partial charge is 0.316 e. The van der Waals surface area contributed by atoms with E-state index in [1.54, 1.807) is 0 Å². The van der Waals surface area contributed by atoms with Gasteiger partial charge in [-0.25, -0.2) is 0 Å². The number of halogens is 2. The first-order valence-electron chi connectivity index (χ1n) is 4.83. The van der Waals surface area contributed by atoms with Crippen LogP contribution in [-0.2, 0) is 0 Å². The zero-order valence-corrected chi connectivity index (χ0v) is 8.60. The molecular weight excluding hydrogens is 201 g/mol. The Balaban J connectivity index is 2.17. The molecule has 0 aliphatic carbocycles. The molecule has 0 radical (unpaired) electrons. The Morgan fingerprint density at radius 1 is 1.29 bits per heavy atom. The molecule has 0 saturated carbocycles. The van der Waals surface area contributed by atoms with Gasteiger partial charge >= 0.3 is 0 Å². The molecule has 0 aromatic heterocycles. The molecule has 3 heteroatoms. The third-order valence-electron chi connectivity index (χ3n) is 2.84. The molecule has 1 aliphatic rings. The van der Waals surface area contributed by atoms with Crippen molar-refractivity contribution in [1.82, 2.24) is 5.32 Å². The number of alkyl halides is 1. The number of rotatable bonds is 2. The van der Waals surface area contributed by atoms with E-state index in [4.69, 9.17) is 11.6 Å². The van der Waals surface area contributed by atoms with Crippen LogP contribution in [0.1, 0.15) is 11.5 Å². The average molecular weight is 214 g/mol. The van der Waals surface area contributed by atoms with Gasteiger partial charge in [-0.3, -0.25) is 4.39 Å². The van der Waals surface area contributed by atoms with Gasteiger partial charge in [0.1, 0.15) is 0 Å². The van der Waals surface area contributed by atoms with Crippen molar-refractivity contribution in [1.29, 1.82) is 0 Å². The minimum atomic E-state index is -0.250. The van der Waals surface area contributed by atoms with Gasteiger partial charge in [-0.05, 0) is 17.7 Å². The summed E-state index contributed by atoms with van der Waals surface area (Å²) in [6, 6.07) is 7.71. The zero-order valence-electron chi connectivity index (χ0n) is 7.84. The second kappa shape index (κ2) is 4.28. The van der Waals surface area contributed by atoms with Gasteiger partial charge in [-0.15, -0.1) is 0 Å². The number of hydrogen-bond donors (Lipinski definition) is 1. The van der Waals surface area contributed by atoms with Crippen molar-refractivity contribution in [2.45, 2.75) is 5.92 Å². The lowest BCUT2D eigenvalue weighted by Gasteiger charge is -2.15. The SMILES string of the molecule is FC[C@@H]1CNC[C@H]1c1ccc(Cl)cc1. The lowest BCUT2D eigenvalue weighted by molar-refractivity contribution is 0.358. The van der Waals surface area contributed by atoms with Crippen LogP contribution in [0.5, 0.6) is 0 Å². The highest BCUT2D eigenvalue weighted by Gasteiger charge is 2.27. The first-order chi connectivity index (χ1) is 6.81. The third kappa shape index (κ3) is 1.91.